The lowest BCUT2D eigenvalue weighted by Crippen LogP contribution is -2.54. The molecule has 0 unspecified atom stereocenters. The van der Waals surface area contributed by atoms with Gasteiger partial charge in [0.25, 0.3) is 5.03 Å². The van der Waals surface area contributed by atoms with Crippen LogP contribution >= 0.6 is 0 Å². The molecule has 0 spiro atoms. The molecule has 6 atom stereocenters. The SMILES string of the molecule is [C-]#[N+]/C(=C1\CC[C@H]2[C@@H]3CC=C4C=C(OC)CC[C@]4(C)[C@H]3[C@@H](O)C[C@]12C)S(=O)(=O)c1ccc(C)cc1. The molecule has 4 aliphatic carbocycles. The molecule has 5 rings (SSSR count). The summed E-state index contributed by atoms with van der Waals surface area (Å²) < 4.78 is 32.7. The Labute approximate surface area is 209 Å². The van der Waals surface area contributed by atoms with Crippen molar-refractivity contribution in [3.05, 3.63) is 75.3 Å². The number of nitrogens with zero attached hydrogens (tertiary/aromatic N) is 1. The summed E-state index contributed by atoms with van der Waals surface area (Å²) in [4.78, 5) is 3.80. The third-order valence-corrected chi connectivity index (χ3v) is 11.4. The Hall–Kier alpha value is -2.36. The fourth-order valence-electron chi connectivity index (χ4n) is 7.88. The van der Waals surface area contributed by atoms with Crippen molar-refractivity contribution in [1.82, 2.24) is 0 Å². The van der Waals surface area contributed by atoms with Gasteiger partial charge >= 0.3 is 0 Å². The van der Waals surface area contributed by atoms with E-state index in [0.29, 0.717) is 12.8 Å². The van der Waals surface area contributed by atoms with Crippen molar-refractivity contribution >= 4 is 9.84 Å². The minimum absolute atomic E-state index is 0.116. The van der Waals surface area contributed by atoms with Crippen LogP contribution in [0.5, 0.6) is 0 Å². The van der Waals surface area contributed by atoms with E-state index < -0.39 is 21.4 Å². The van der Waals surface area contributed by atoms with Crippen LogP contribution in [0.3, 0.4) is 0 Å². The molecule has 1 N–H and O–H groups in total. The van der Waals surface area contributed by atoms with Gasteiger partial charge in [-0.15, -0.1) is 0 Å². The number of sulfone groups is 1. The number of allylic oxidation sites excluding steroid dienone is 5. The topological polar surface area (TPSA) is 68.0 Å². The second-order valence-corrected chi connectivity index (χ2v) is 13.2. The van der Waals surface area contributed by atoms with Crippen LogP contribution in [0.4, 0.5) is 0 Å². The zero-order chi connectivity index (χ0) is 25.2. The van der Waals surface area contributed by atoms with Crippen molar-refractivity contribution in [2.45, 2.75) is 70.3 Å². The van der Waals surface area contributed by atoms with Gasteiger partial charge in [-0.05, 0) is 97.0 Å². The molecule has 0 saturated heterocycles. The summed E-state index contributed by atoms with van der Waals surface area (Å²) in [5, 5.41) is 11.5. The average Bonchev–Trinajstić information content (AvgIpc) is 3.15. The molecule has 0 amide bonds. The van der Waals surface area contributed by atoms with Crippen LogP contribution in [0, 0.1) is 42.1 Å². The number of hydrogen-bond donors (Lipinski definition) is 1. The molecule has 5 nitrogen and oxygen atoms in total. The highest BCUT2D eigenvalue weighted by molar-refractivity contribution is 7.95. The van der Waals surface area contributed by atoms with Gasteiger partial charge in [-0.2, -0.15) is 0 Å². The number of ether oxygens (including phenoxy) is 1. The van der Waals surface area contributed by atoms with E-state index in [1.54, 1.807) is 31.4 Å². The first-order valence-corrected chi connectivity index (χ1v) is 14.1. The van der Waals surface area contributed by atoms with Gasteiger partial charge < -0.3 is 9.84 Å². The van der Waals surface area contributed by atoms with Gasteiger partial charge in [0.05, 0.1) is 30.4 Å². The van der Waals surface area contributed by atoms with Crippen molar-refractivity contribution in [3.63, 3.8) is 0 Å². The van der Waals surface area contributed by atoms with Crippen LogP contribution in [0.1, 0.15) is 57.9 Å². The highest BCUT2D eigenvalue weighted by Crippen LogP contribution is 2.66. The Morgan fingerprint density at radius 1 is 1.17 bits per heavy atom. The summed E-state index contributed by atoms with van der Waals surface area (Å²) >= 11 is 0. The van der Waals surface area contributed by atoms with Gasteiger partial charge in [0.1, 0.15) is 0 Å². The molecule has 0 heterocycles. The van der Waals surface area contributed by atoms with Crippen molar-refractivity contribution < 1.29 is 18.3 Å². The molecular formula is C29H35NO4S. The average molecular weight is 494 g/mol. The third kappa shape index (κ3) is 3.54. The number of aliphatic hydroxyl groups excluding tert-OH is 1. The number of aliphatic hydroxyl groups is 1. The van der Waals surface area contributed by atoms with Crippen LogP contribution in [-0.4, -0.2) is 26.7 Å². The molecule has 6 heteroatoms. The maximum Gasteiger partial charge on any atom is 0.282 e. The van der Waals surface area contributed by atoms with Gasteiger partial charge in [0, 0.05) is 6.42 Å². The van der Waals surface area contributed by atoms with Crippen LogP contribution in [0.25, 0.3) is 4.85 Å². The van der Waals surface area contributed by atoms with Gasteiger partial charge in [-0.3, -0.25) is 0 Å². The first kappa shape index (κ1) is 24.3. The number of benzene rings is 1. The lowest BCUT2D eigenvalue weighted by molar-refractivity contribution is -0.0989. The predicted octanol–water partition coefficient (Wildman–Crippen LogP) is 5.97. The number of aryl methyl sites for hydroxylation is 1. The summed E-state index contributed by atoms with van der Waals surface area (Å²) in [5.41, 5.74) is 2.35. The normalized spacial score (nSPS) is 37.7. The van der Waals surface area contributed by atoms with E-state index in [1.807, 2.05) is 6.92 Å². The van der Waals surface area contributed by atoms with E-state index >= 15 is 0 Å². The van der Waals surface area contributed by atoms with E-state index in [2.05, 4.69) is 30.8 Å². The first-order valence-electron chi connectivity index (χ1n) is 12.6. The van der Waals surface area contributed by atoms with Crippen molar-refractivity contribution in [1.29, 1.82) is 0 Å². The highest BCUT2D eigenvalue weighted by Gasteiger charge is 2.60. The minimum atomic E-state index is -3.92. The van der Waals surface area contributed by atoms with E-state index in [4.69, 9.17) is 11.3 Å². The van der Waals surface area contributed by atoms with Gasteiger partial charge in [-0.1, -0.05) is 37.6 Å². The highest BCUT2D eigenvalue weighted by atomic mass is 32.2. The molecule has 0 bridgehead atoms. The Bertz CT molecular complexity index is 1280. The zero-order valence-electron chi connectivity index (χ0n) is 21.0. The number of fused-ring (bicyclic) bond motifs is 5. The smallest absolute Gasteiger partial charge is 0.282 e. The van der Waals surface area contributed by atoms with Gasteiger partial charge in [0.15, 0.2) is 0 Å². The minimum Gasteiger partial charge on any atom is -0.501 e. The molecule has 1 aromatic carbocycles. The standard InChI is InChI=1S/C29H35NO4S/c1-18-6-9-21(10-7-18)35(32,33)27(30-4)24-13-12-23-22-11-8-19-16-20(34-5)14-15-28(19,2)26(22)25(31)17-29(23,24)3/h6-10,16,22-23,25-26,31H,11-15,17H2,1-3,5H3/b27-24-/t22-,23-,25-,26+,28-,29-/m0/s1. The van der Waals surface area contributed by atoms with Crippen molar-refractivity contribution in [2.24, 2.45) is 28.6 Å². The molecule has 186 valence electrons. The molecule has 4 aliphatic rings. The van der Waals surface area contributed by atoms with Gasteiger partial charge in [-0.25, -0.2) is 13.3 Å². The van der Waals surface area contributed by atoms with Crippen molar-refractivity contribution in [2.75, 3.05) is 7.11 Å². The molecule has 2 fully saturated rings. The number of methoxy groups -OCH3 is 1. The third-order valence-electron chi connectivity index (χ3n) is 9.66. The Morgan fingerprint density at radius 2 is 1.89 bits per heavy atom. The monoisotopic (exact) mass is 493 g/mol. The van der Waals surface area contributed by atoms with Crippen LogP contribution < -0.4 is 0 Å². The van der Waals surface area contributed by atoms with Crippen LogP contribution in [0.15, 0.2) is 63.2 Å². The quantitative estimate of drug-likeness (QED) is 0.527. The number of rotatable bonds is 3. The molecule has 0 radical (unpaired) electrons. The molecule has 0 aliphatic heterocycles. The van der Waals surface area contributed by atoms with Crippen LogP contribution in [0.2, 0.25) is 0 Å². The summed E-state index contributed by atoms with van der Waals surface area (Å²) in [5.74, 6) is 1.64. The Morgan fingerprint density at radius 3 is 2.54 bits per heavy atom. The van der Waals surface area contributed by atoms with E-state index in [9.17, 15) is 13.5 Å². The molecule has 1 aromatic rings. The second kappa shape index (κ2) is 8.35. The summed E-state index contributed by atoms with van der Waals surface area (Å²) in [6, 6.07) is 6.73. The number of hydrogen-bond acceptors (Lipinski definition) is 4. The molecule has 0 aromatic heterocycles. The van der Waals surface area contributed by atoms with E-state index in [1.165, 1.54) is 5.57 Å². The largest absolute Gasteiger partial charge is 0.501 e. The summed E-state index contributed by atoms with van der Waals surface area (Å²) in [6.07, 6.45) is 8.56. The summed E-state index contributed by atoms with van der Waals surface area (Å²) in [6.45, 7) is 14.2. The maximum atomic E-state index is 13.6. The lowest BCUT2D eigenvalue weighted by Gasteiger charge is -2.58. The maximum absolute atomic E-state index is 13.6. The Kier molecular flexibility index (Phi) is 5.81. The first-order chi connectivity index (χ1) is 16.6. The predicted molar refractivity (Wildman–Crippen MR) is 136 cm³/mol. The van der Waals surface area contributed by atoms with E-state index in [-0.39, 0.29) is 33.1 Å². The molecule has 2 saturated carbocycles. The fourth-order valence-corrected chi connectivity index (χ4v) is 9.37. The lowest BCUT2D eigenvalue weighted by atomic mass is 9.47. The molecular weight excluding hydrogens is 458 g/mol. The van der Waals surface area contributed by atoms with Crippen LogP contribution in [-0.2, 0) is 14.6 Å². The Balaban J connectivity index is 1.57. The fraction of sp³-hybridized carbons (Fsp3) is 0.552. The second-order valence-electron chi connectivity index (χ2n) is 11.4. The van der Waals surface area contributed by atoms with E-state index in [0.717, 1.165) is 42.6 Å². The molecule has 35 heavy (non-hydrogen) atoms. The zero-order valence-corrected chi connectivity index (χ0v) is 21.9. The summed E-state index contributed by atoms with van der Waals surface area (Å²) in [7, 11) is -2.20. The van der Waals surface area contributed by atoms with Gasteiger partial charge in [0.2, 0.25) is 9.84 Å². The van der Waals surface area contributed by atoms with Crippen molar-refractivity contribution in [3.8, 4) is 0 Å².